The molecule has 0 fully saturated rings. The maximum Gasteiger partial charge on any atom is 0.303 e. The molecule has 0 aliphatic rings. The Bertz CT molecular complexity index is 1710. The molecule has 15 heteroatoms. The van der Waals surface area contributed by atoms with Gasteiger partial charge in [0.1, 0.15) is 23.6 Å². The average molecular weight is 750 g/mol. The Hall–Kier alpha value is -4.99. The van der Waals surface area contributed by atoms with Crippen LogP contribution in [0.4, 0.5) is 10.1 Å². The number of benzene rings is 2. The van der Waals surface area contributed by atoms with E-state index in [0.29, 0.717) is 93.4 Å². The van der Waals surface area contributed by atoms with Crippen LogP contribution >= 0.6 is 0 Å². The van der Waals surface area contributed by atoms with Gasteiger partial charge in [0.2, 0.25) is 0 Å². The molecule has 4 aromatic rings. The molecule has 0 saturated carbocycles. The average Bonchev–Trinajstić information content (AvgIpc) is 3.55. The van der Waals surface area contributed by atoms with Crippen LogP contribution in [0.3, 0.4) is 0 Å². The molecule has 0 unspecified atom stereocenters. The maximum absolute atomic E-state index is 14.8. The van der Waals surface area contributed by atoms with Crippen molar-refractivity contribution in [1.82, 2.24) is 30.0 Å². The summed E-state index contributed by atoms with van der Waals surface area (Å²) in [5.74, 6) is 0.350. The van der Waals surface area contributed by atoms with Gasteiger partial charge in [0.15, 0.2) is 11.6 Å². The third-order valence-corrected chi connectivity index (χ3v) is 8.51. The first-order valence-corrected chi connectivity index (χ1v) is 18.5. The molecule has 54 heavy (non-hydrogen) atoms. The van der Waals surface area contributed by atoms with Crippen molar-refractivity contribution in [3.63, 3.8) is 0 Å². The van der Waals surface area contributed by atoms with Crippen LogP contribution in [0.25, 0.3) is 11.5 Å². The van der Waals surface area contributed by atoms with Crippen molar-refractivity contribution in [2.75, 3.05) is 51.6 Å². The quantitative estimate of drug-likeness (QED) is 0.0595. The molecule has 0 radical (unpaired) electrons. The van der Waals surface area contributed by atoms with E-state index < -0.39 is 17.8 Å². The summed E-state index contributed by atoms with van der Waals surface area (Å²) in [5.41, 5.74) is 2.16. The molecule has 0 spiro atoms. The first kappa shape index (κ1) is 41.8. The fraction of sp³-hybridized carbons (Fsp3) is 0.487. The van der Waals surface area contributed by atoms with E-state index in [2.05, 4.69) is 30.8 Å². The van der Waals surface area contributed by atoms with E-state index in [1.54, 1.807) is 49.5 Å². The Kier molecular flexibility index (Phi) is 18.3. The summed E-state index contributed by atoms with van der Waals surface area (Å²) in [6.45, 7) is 5.98. The number of rotatable bonds is 27. The number of amides is 1. The van der Waals surface area contributed by atoms with Crippen LogP contribution in [-0.2, 0) is 32.6 Å². The minimum Gasteiger partial charge on any atom is -0.494 e. The number of carbonyl (C=O) groups is 2. The van der Waals surface area contributed by atoms with Crippen molar-refractivity contribution < 1.29 is 38.0 Å². The van der Waals surface area contributed by atoms with E-state index in [0.717, 1.165) is 44.2 Å². The van der Waals surface area contributed by atoms with Gasteiger partial charge in [0.25, 0.3) is 5.91 Å². The number of unbranched alkanes of at least 4 members (excludes halogenated alkanes) is 5. The standard InChI is InChI=1S/C39H52FN7O7/c1-29(44-39(50)30-11-10-12-31(25-30)42-27-36-45-46-38(47(36)2)35-16-17-41-28-43-35)33-26-32(14-15-34(33)40)54-20-9-4-3-7-18-51-21-23-53-24-22-52-19-8-5-6-13-37(48)49/h10-12,14-17,25-26,28-29,42H,3-9,13,18-24,27H2,1-2H3,(H,44,50)(H,48,49)/t29-/m0/s1. The van der Waals surface area contributed by atoms with Crippen molar-refractivity contribution in [1.29, 1.82) is 0 Å². The molecule has 292 valence electrons. The van der Waals surface area contributed by atoms with E-state index >= 15 is 0 Å². The fourth-order valence-corrected chi connectivity index (χ4v) is 5.46. The Morgan fingerprint density at radius 1 is 0.852 bits per heavy atom. The molecule has 2 aromatic heterocycles. The first-order chi connectivity index (χ1) is 26.3. The number of hydrogen-bond donors (Lipinski definition) is 3. The van der Waals surface area contributed by atoms with E-state index in [1.165, 1.54) is 12.4 Å². The molecule has 1 amide bonds. The summed E-state index contributed by atoms with van der Waals surface area (Å²) >= 11 is 0. The minimum absolute atomic E-state index is 0.209. The van der Waals surface area contributed by atoms with Gasteiger partial charge >= 0.3 is 5.97 Å². The zero-order chi connectivity index (χ0) is 38.4. The molecular formula is C39H52FN7O7. The van der Waals surface area contributed by atoms with Crippen LogP contribution in [-0.4, -0.2) is 88.0 Å². The highest BCUT2D eigenvalue weighted by Crippen LogP contribution is 2.24. The third kappa shape index (κ3) is 14.8. The molecule has 2 aromatic carbocycles. The highest BCUT2D eigenvalue weighted by Gasteiger charge is 2.17. The number of nitrogens with one attached hydrogen (secondary N) is 2. The highest BCUT2D eigenvalue weighted by molar-refractivity contribution is 5.95. The zero-order valence-electron chi connectivity index (χ0n) is 31.2. The maximum atomic E-state index is 14.8. The molecular weight excluding hydrogens is 697 g/mol. The largest absolute Gasteiger partial charge is 0.494 e. The predicted molar refractivity (Wildman–Crippen MR) is 201 cm³/mol. The van der Waals surface area contributed by atoms with Crippen molar-refractivity contribution in [2.45, 2.75) is 70.9 Å². The van der Waals surface area contributed by atoms with Crippen LogP contribution < -0.4 is 15.4 Å². The molecule has 3 N–H and O–H groups in total. The van der Waals surface area contributed by atoms with E-state index in [1.807, 2.05) is 17.7 Å². The van der Waals surface area contributed by atoms with Gasteiger partial charge in [0.05, 0.1) is 45.6 Å². The van der Waals surface area contributed by atoms with Crippen molar-refractivity contribution >= 4 is 17.6 Å². The van der Waals surface area contributed by atoms with E-state index in [9.17, 15) is 14.0 Å². The summed E-state index contributed by atoms with van der Waals surface area (Å²) in [7, 11) is 1.86. The van der Waals surface area contributed by atoms with Gasteiger partial charge in [-0.2, -0.15) is 0 Å². The number of carboxylic acids is 1. The number of carbonyl (C=O) groups excluding carboxylic acids is 1. The highest BCUT2D eigenvalue weighted by atomic mass is 19.1. The number of aliphatic carboxylic acids is 1. The molecule has 0 bridgehead atoms. The van der Waals surface area contributed by atoms with Crippen LogP contribution in [0.1, 0.15) is 86.1 Å². The van der Waals surface area contributed by atoms with Crippen LogP contribution in [0.15, 0.2) is 61.1 Å². The first-order valence-electron chi connectivity index (χ1n) is 18.5. The number of anilines is 1. The van der Waals surface area contributed by atoms with Crippen molar-refractivity contribution in [3.05, 3.63) is 83.8 Å². The van der Waals surface area contributed by atoms with Gasteiger partial charge in [-0.05, 0) is 81.5 Å². The van der Waals surface area contributed by atoms with Gasteiger partial charge in [0, 0.05) is 49.7 Å². The van der Waals surface area contributed by atoms with Crippen LogP contribution in [0, 0.1) is 5.82 Å². The normalized spacial score (nSPS) is 11.7. The second kappa shape index (κ2) is 23.6. The summed E-state index contributed by atoms with van der Waals surface area (Å²) in [6, 6.07) is 12.8. The second-order valence-corrected chi connectivity index (χ2v) is 12.7. The molecule has 0 aliphatic heterocycles. The van der Waals surface area contributed by atoms with Crippen molar-refractivity contribution in [3.8, 4) is 17.3 Å². The monoisotopic (exact) mass is 749 g/mol. The minimum atomic E-state index is -0.757. The summed E-state index contributed by atoms with van der Waals surface area (Å²) < 4.78 is 39.2. The smallest absolute Gasteiger partial charge is 0.303 e. The Balaban J connectivity index is 1.07. The summed E-state index contributed by atoms with van der Waals surface area (Å²) in [5, 5.41) is 23.3. The lowest BCUT2D eigenvalue weighted by molar-refractivity contribution is -0.137. The third-order valence-electron chi connectivity index (χ3n) is 8.51. The van der Waals surface area contributed by atoms with Crippen LogP contribution in [0.5, 0.6) is 5.75 Å². The van der Waals surface area contributed by atoms with Gasteiger partial charge in [-0.1, -0.05) is 18.9 Å². The number of ether oxygens (including phenoxy) is 4. The van der Waals surface area contributed by atoms with E-state index in [-0.39, 0.29) is 12.3 Å². The predicted octanol–water partition coefficient (Wildman–Crippen LogP) is 6.15. The van der Waals surface area contributed by atoms with Gasteiger partial charge in [-0.25, -0.2) is 14.4 Å². The topological polar surface area (TPSA) is 172 Å². The summed E-state index contributed by atoms with van der Waals surface area (Å²) in [4.78, 5) is 31.8. The molecule has 0 saturated heterocycles. The lowest BCUT2D eigenvalue weighted by atomic mass is 10.1. The Labute approximate surface area is 315 Å². The second-order valence-electron chi connectivity index (χ2n) is 12.7. The Morgan fingerprint density at radius 2 is 1.56 bits per heavy atom. The van der Waals surface area contributed by atoms with Crippen molar-refractivity contribution in [2.24, 2.45) is 7.05 Å². The molecule has 2 heterocycles. The number of nitrogens with zero attached hydrogens (tertiary/aromatic N) is 5. The summed E-state index contributed by atoms with van der Waals surface area (Å²) in [6.07, 6.45) is 9.48. The molecule has 14 nitrogen and oxygen atoms in total. The lowest BCUT2D eigenvalue weighted by Gasteiger charge is -2.17. The number of carboxylic acid groups (broad SMARTS) is 1. The van der Waals surface area contributed by atoms with Crippen LogP contribution in [0.2, 0.25) is 0 Å². The number of hydrogen-bond acceptors (Lipinski definition) is 11. The molecule has 0 aliphatic carbocycles. The Morgan fingerprint density at radius 3 is 2.26 bits per heavy atom. The SMILES string of the molecule is C[C@H](NC(=O)c1cccc(NCc2nnc(-c3ccncn3)n2C)c1)c1cc(OCCCCCCOCCOCCOCCCCCC(=O)O)ccc1F. The number of halogens is 1. The van der Waals surface area contributed by atoms with E-state index in [4.69, 9.17) is 24.1 Å². The molecule has 4 rings (SSSR count). The molecule has 1 atom stereocenters. The fourth-order valence-electron chi connectivity index (χ4n) is 5.46. The lowest BCUT2D eigenvalue weighted by Crippen LogP contribution is -2.27. The zero-order valence-corrected chi connectivity index (χ0v) is 31.2. The van der Waals surface area contributed by atoms with Gasteiger partial charge in [-0.3, -0.25) is 9.59 Å². The number of aromatic nitrogens is 5. The van der Waals surface area contributed by atoms with Gasteiger partial charge < -0.3 is 39.3 Å². The van der Waals surface area contributed by atoms with Gasteiger partial charge in [-0.15, -0.1) is 10.2 Å².